The van der Waals surface area contributed by atoms with Crippen LogP contribution in [0.4, 0.5) is 0 Å². The third-order valence-corrected chi connectivity index (χ3v) is 2.05. The number of hydrogen-bond acceptors (Lipinski definition) is 4. The molecule has 0 N–H and O–H groups in total. The van der Waals surface area contributed by atoms with Crippen molar-refractivity contribution in [2.24, 2.45) is 0 Å². The standard InChI is InChI=1S/C10H16N4/c1-7(14(4)5)6-10-8(2)12-13-9(3)11-10/h6H,1-5H3/b7-6+. The van der Waals surface area contributed by atoms with Crippen LogP contribution in [-0.2, 0) is 0 Å². The van der Waals surface area contributed by atoms with Crippen LogP contribution in [0.2, 0.25) is 0 Å². The van der Waals surface area contributed by atoms with Crippen molar-refractivity contribution in [2.45, 2.75) is 20.8 Å². The van der Waals surface area contributed by atoms with Crippen molar-refractivity contribution in [3.05, 3.63) is 22.9 Å². The van der Waals surface area contributed by atoms with Crippen molar-refractivity contribution in [1.29, 1.82) is 0 Å². The van der Waals surface area contributed by atoms with Crippen molar-refractivity contribution in [1.82, 2.24) is 20.1 Å². The van der Waals surface area contributed by atoms with Crippen LogP contribution in [0.5, 0.6) is 0 Å². The third kappa shape index (κ3) is 2.52. The summed E-state index contributed by atoms with van der Waals surface area (Å²) in [6, 6.07) is 0. The highest BCUT2D eigenvalue weighted by atomic mass is 15.2. The molecule has 0 saturated heterocycles. The molecule has 4 nitrogen and oxygen atoms in total. The fourth-order valence-electron chi connectivity index (χ4n) is 0.940. The molecule has 0 aliphatic rings. The summed E-state index contributed by atoms with van der Waals surface area (Å²) in [5.74, 6) is 0.702. The SMILES string of the molecule is C/C(=C\c1nc(C)nnc1C)N(C)C. The quantitative estimate of drug-likeness (QED) is 0.710. The van der Waals surface area contributed by atoms with Crippen LogP contribution in [0.15, 0.2) is 5.70 Å². The number of rotatable bonds is 2. The second-order valence-electron chi connectivity index (χ2n) is 3.51. The Morgan fingerprint density at radius 1 is 1.21 bits per heavy atom. The molecule has 1 heterocycles. The summed E-state index contributed by atoms with van der Waals surface area (Å²) < 4.78 is 0. The summed E-state index contributed by atoms with van der Waals surface area (Å²) in [5, 5.41) is 7.90. The van der Waals surface area contributed by atoms with Crippen LogP contribution in [-0.4, -0.2) is 34.2 Å². The number of nitrogens with zero attached hydrogens (tertiary/aromatic N) is 4. The Morgan fingerprint density at radius 2 is 1.86 bits per heavy atom. The van der Waals surface area contributed by atoms with Gasteiger partial charge in [-0.05, 0) is 26.8 Å². The van der Waals surface area contributed by atoms with Gasteiger partial charge < -0.3 is 4.90 Å². The Kier molecular flexibility index (Phi) is 3.17. The lowest BCUT2D eigenvalue weighted by atomic mass is 10.2. The zero-order chi connectivity index (χ0) is 10.7. The minimum atomic E-state index is 0.702. The lowest BCUT2D eigenvalue weighted by Gasteiger charge is -2.12. The zero-order valence-electron chi connectivity index (χ0n) is 9.37. The van der Waals surface area contributed by atoms with Crippen LogP contribution < -0.4 is 0 Å². The second-order valence-corrected chi connectivity index (χ2v) is 3.51. The van der Waals surface area contributed by atoms with E-state index in [0.29, 0.717) is 5.82 Å². The first-order chi connectivity index (χ1) is 6.50. The van der Waals surface area contributed by atoms with E-state index in [4.69, 9.17) is 0 Å². The first kappa shape index (κ1) is 10.6. The Hall–Kier alpha value is -1.45. The van der Waals surface area contributed by atoms with Gasteiger partial charge in [-0.3, -0.25) is 0 Å². The highest BCUT2D eigenvalue weighted by Crippen LogP contribution is 2.08. The summed E-state index contributed by atoms with van der Waals surface area (Å²) in [7, 11) is 4.01. The molecule has 0 atom stereocenters. The molecular weight excluding hydrogens is 176 g/mol. The summed E-state index contributed by atoms with van der Waals surface area (Å²) in [6.45, 7) is 5.79. The Labute approximate surface area is 84.7 Å². The van der Waals surface area contributed by atoms with E-state index in [1.165, 1.54) is 0 Å². The Balaban J connectivity index is 3.07. The molecule has 1 rings (SSSR count). The zero-order valence-corrected chi connectivity index (χ0v) is 9.37. The molecule has 0 aromatic carbocycles. The van der Waals surface area contributed by atoms with E-state index in [0.717, 1.165) is 17.1 Å². The minimum Gasteiger partial charge on any atom is -0.381 e. The highest BCUT2D eigenvalue weighted by Gasteiger charge is 2.01. The van der Waals surface area contributed by atoms with Gasteiger partial charge in [0.25, 0.3) is 0 Å². The highest BCUT2D eigenvalue weighted by molar-refractivity contribution is 5.49. The molecule has 0 aliphatic heterocycles. The molecule has 0 radical (unpaired) electrons. The molecule has 0 fully saturated rings. The van der Waals surface area contributed by atoms with Gasteiger partial charge in [-0.15, -0.1) is 5.10 Å². The molecule has 0 saturated carbocycles. The average molecular weight is 192 g/mol. The third-order valence-electron chi connectivity index (χ3n) is 2.05. The monoisotopic (exact) mass is 192 g/mol. The number of hydrogen-bond donors (Lipinski definition) is 0. The van der Waals surface area contributed by atoms with Gasteiger partial charge >= 0.3 is 0 Å². The maximum Gasteiger partial charge on any atom is 0.148 e. The van der Waals surface area contributed by atoms with Gasteiger partial charge in [0.05, 0.1) is 11.4 Å². The molecule has 14 heavy (non-hydrogen) atoms. The van der Waals surface area contributed by atoms with Gasteiger partial charge in [0.1, 0.15) is 5.82 Å². The van der Waals surface area contributed by atoms with E-state index >= 15 is 0 Å². The fourth-order valence-corrected chi connectivity index (χ4v) is 0.940. The first-order valence-electron chi connectivity index (χ1n) is 4.54. The Morgan fingerprint density at radius 3 is 2.43 bits per heavy atom. The lowest BCUT2D eigenvalue weighted by molar-refractivity contribution is 0.518. The van der Waals surface area contributed by atoms with Crippen LogP contribution >= 0.6 is 0 Å². The molecule has 76 valence electrons. The first-order valence-corrected chi connectivity index (χ1v) is 4.54. The van der Waals surface area contributed by atoms with Gasteiger partial charge in [0.2, 0.25) is 0 Å². The second kappa shape index (κ2) is 4.17. The summed E-state index contributed by atoms with van der Waals surface area (Å²) in [4.78, 5) is 6.36. The molecule has 4 heteroatoms. The molecule has 0 spiro atoms. The van der Waals surface area contributed by atoms with Gasteiger partial charge in [0.15, 0.2) is 0 Å². The smallest absolute Gasteiger partial charge is 0.148 e. The molecule has 0 amide bonds. The van der Waals surface area contributed by atoms with Crippen molar-refractivity contribution >= 4 is 6.08 Å². The number of aromatic nitrogens is 3. The predicted octanol–water partition coefficient (Wildman–Crippen LogP) is 1.41. The van der Waals surface area contributed by atoms with Gasteiger partial charge in [0, 0.05) is 19.8 Å². The van der Waals surface area contributed by atoms with Crippen molar-refractivity contribution < 1.29 is 0 Å². The van der Waals surface area contributed by atoms with Crippen LogP contribution in [0.3, 0.4) is 0 Å². The van der Waals surface area contributed by atoms with E-state index in [2.05, 4.69) is 15.2 Å². The predicted molar refractivity (Wildman–Crippen MR) is 56.6 cm³/mol. The van der Waals surface area contributed by atoms with Gasteiger partial charge in [-0.2, -0.15) is 5.10 Å². The van der Waals surface area contributed by atoms with E-state index in [1.54, 1.807) is 0 Å². The largest absolute Gasteiger partial charge is 0.381 e. The topological polar surface area (TPSA) is 41.9 Å². The maximum absolute atomic E-state index is 4.32. The van der Waals surface area contributed by atoms with E-state index in [1.807, 2.05) is 45.8 Å². The van der Waals surface area contributed by atoms with Crippen molar-refractivity contribution in [2.75, 3.05) is 14.1 Å². The van der Waals surface area contributed by atoms with E-state index in [9.17, 15) is 0 Å². The molecule has 0 unspecified atom stereocenters. The summed E-state index contributed by atoms with van der Waals surface area (Å²) >= 11 is 0. The van der Waals surface area contributed by atoms with Crippen molar-refractivity contribution in [3.63, 3.8) is 0 Å². The Bertz CT molecular complexity index is 355. The number of allylic oxidation sites excluding steroid dienone is 1. The minimum absolute atomic E-state index is 0.702. The van der Waals surface area contributed by atoms with Crippen LogP contribution in [0, 0.1) is 13.8 Å². The molecule has 0 aliphatic carbocycles. The van der Waals surface area contributed by atoms with Gasteiger partial charge in [-0.25, -0.2) is 4.98 Å². The van der Waals surface area contributed by atoms with E-state index in [-0.39, 0.29) is 0 Å². The van der Waals surface area contributed by atoms with Crippen LogP contribution in [0.25, 0.3) is 6.08 Å². The molecule has 1 aromatic rings. The van der Waals surface area contributed by atoms with Crippen LogP contribution in [0.1, 0.15) is 24.1 Å². The fraction of sp³-hybridized carbons (Fsp3) is 0.500. The maximum atomic E-state index is 4.32. The van der Waals surface area contributed by atoms with Crippen molar-refractivity contribution in [3.8, 4) is 0 Å². The number of aryl methyl sites for hydroxylation is 2. The molecular formula is C10H16N4. The molecule has 0 bridgehead atoms. The lowest BCUT2D eigenvalue weighted by Crippen LogP contribution is -2.08. The normalized spacial score (nSPS) is 11.6. The average Bonchev–Trinajstić information content (AvgIpc) is 2.11. The van der Waals surface area contributed by atoms with E-state index < -0.39 is 0 Å². The van der Waals surface area contributed by atoms with Gasteiger partial charge in [-0.1, -0.05) is 0 Å². The summed E-state index contributed by atoms with van der Waals surface area (Å²) in [5.41, 5.74) is 2.90. The summed E-state index contributed by atoms with van der Waals surface area (Å²) in [6.07, 6.45) is 2.01. The molecule has 1 aromatic heterocycles.